The van der Waals surface area contributed by atoms with Gasteiger partial charge in [-0.05, 0) is 11.6 Å². The molecule has 2 nitrogen and oxygen atoms in total. The predicted octanol–water partition coefficient (Wildman–Crippen LogP) is 12.0. The van der Waals surface area contributed by atoms with Crippen LogP contribution in [0, 0.1) is 93.1 Å². The summed E-state index contributed by atoms with van der Waals surface area (Å²) < 4.78 is 342. The van der Waals surface area contributed by atoms with Crippen LogP contribution in [0.2, 0.25) is 0 Å². The van der Waals surface area contributed by atoms with Crippen LogP contribution in [0.5, 0.6) is 11.5 Å². The SMILES string of the molecule is FC1=C(F)C(B(Oc2c(F)c(F)c(F)c3c2C(F)(F)c2c(F)c(F)c(F)c(F)c2-3)Oc2c(F)c(F)c(F)c3c2C(F)(F)c2c(F)c(F)c(F)c(F)c2-3)c2ccc(F)c(F)c21. The monoisotopic (exact) mass is 884 g/mol. The molecule has 0 bridgehead atoms. The zero-order chi connectivity index (χ0) is 44.3. The first-order valence-electron chi connectivity index (χ1n) is 15.6. The molecule has 25 heteroatoms. The fourth-order valence-electron chi connectivity index (χ4n) is 7.24. The van der Waals surface area contributed by atoms with Gasteiger partial charge < -0.3 is 9.31 Å². The Labute approximate surface area is 315 Å². The van der Waals surface area contributed by atoms with Crippen molar-refractivity contribution in [3.05, 3.63) is 144 Å². The summed E-state index contributed by atoms with van der Waals surface area (Å²) in [4.78, 5) is 0. The van der Waals surface area contributed by atoms with Crippen molar-refractivity contribution in [2.45, 2.75) is 17.7 Å². The van der Waals surface area contributed by atoms with Gasteiger partial charge in [0.25, 0.3) is 0 Å². The van der Waals surface area contributed by atoms with Crippen LogP contribution >= 0.6 is 0 Å². The van der Waals surface area contributed by atoms with Gasteiger partial charge in [-0.2, -0.15) is 26.3 Å². The molecule has 1 atom stereocenters. The predicted molar refractivity (Wildman–Crippen MR) is 154 cm³/mol. The summed E-state index contributed by atoms with van der Waals surface area (Å²) in [6.07, 6.45) is 0. The first-order chi connectivity index (χ1) is 27.8. The molecular formula is C35H3BF22O2. The molecule has 5 aromatic rings. The van der Waals surface area contributed by atoms with Crippen molar-refractivity contribution in [3.8, 4) is 33.8 Å². The number of fused-ring (bicyclic) bond motifs is 7. The summed E-state index contributed by atoms with van der Waals surface area (Å²) in [7, 11) is -3.93. The van der Waals surface area contributed by atoms with Crippen molar-refractivity contribution in [2.24, 2.45) is 0 Å². The number of allylic oxidation sites excluding steroid dienone is 1. The Balaban J connectivity index is 1.44. The molecule has 0 heterocycles. The van der Waals surface area contributed by atoms with E-state index in [0.717, 1.165) is 0 Å². The summed E-state index contributed by atoms with van der Waals surface area (Å²) in [6.45, 7) is 0. The number of hydrogen-bond donors (Lipinski definition) is 0. The van der Waals surface area contributed by atoms with E-state index in [-0.39, 0.29) is 12.1 Å². The minimum absolute atomic E-state index is 0.00860. The van der Waals surface area contributed by atoms with Gasteiger partial charge in [0.15, 0.2) is 98.8 Å². The topological polar surface area (TPSA) is 18.5 Å². The molecule has 0 amide bonds. The van der Waals surface area contributed by atoms with Crippen LogP contribution in [0.25, 0.3) is 28.1 Å². The van der Waals surface area contributed by atoms with Crippen LogP contribution < -0.4 is 9.31 Å². The Kier molecular flexibility index (Phi) is 8.65. The van der Waals surface area contributed by atoms with Crippen molar-refractivity contribution < 1.29 is 106 Å². The van der Waals surface area contributed by atoms with Crippen LogP contribution in [0.4, 0.5) is 96.6 Å². The second kappa shape index (κ2) is 12.7. The summed E-state index contributed by atoms with van der Waals surface area (Å²) >= 11 is 0. The molecule has 0 aromatic heterocycles. The number of rotatable bonds is 5. The average molecular weight is 884 g/mol. The van der Waals surface area contributed by atoms with Gasteiger partial charge in [-0.25, -0.2) is 70.2 Å². The molecule has 0 radical (unpaired) electrons. The lowest BCUT2D eigenvalue weighted by Crippen LogP contribution is -2.39. The van der Waals surface area contributed by atoms with Gasteiger partial charge in [0.1, 0.15) is 11.6 Å². The smallest absolute Gasteiger partial charge is 0.523 e. The van der Waals surface area contributed by atoms with Gasteiger partial charge in [-0.1, -0.05) is 6.07 Å². The van der Waals surface area contributed by atoms with Crippen molar-refractivity contribution in [3.63, 3.8) is 0 Å². The largest absolute Gasteiger partial charge is 0.610 e. The molecule has 1 unspecified atom stereocenters. The molecule has 0 N–H and O–H groups in total. The molecule has 0 spiro atoms. The summed E-state index contributed by atoms with van der Waals surface area (Å²) in [5.74, 6) is -72.3. The maximum atomic E-state index is 16.0. The molecule has 312 valence electrons. The molecule has 60 heavy (non-hydrogen) atoms. The number of alkyl halides is 4. The van der Waals surface area contributed by atoms with Crippen LogP contribution in [0.1, 0.15) is 39.2 Å². The third kappa shape index (κ3) is 4.84. The summed E-state index contributed by atoms with van der Waals surface area (Å²) in [5, 5.41) is 0. The molecule has 0 aliphatic heterocycles. The lowest BCUT2D eigenvalue weighted by Gasteiger charge is -2.27. The van der Waals surface area contributed by atoms with Crippen molar-refractivity contribution in [1.29, 1.82) is 0 Å². The normalized spacial score (nSPS) is 16.5. The third-order valence-corrected chi connectivity index (χ3v) is 9.76. The van der Waals surface area contributed by atoms with Crippen molar-refractivity contribution >= 4 is 12.9 Å². The van der Waals surface area contributed by atoms with Gasteiger partial charge in [-0.3, -0.25) is 0 Å². The lowest BCUT2D eigenvalue weighted by molar-refractivity contribution is 0.0400. The maximum Gasteiger partial charge on any atom is 0.610 e. The standard InChI is InChI=1S/C35H3BF22O2/c37-4-2-1-3-5(15(4)38)16(39)23(46)14(3)36(59-32-12-8(19(42)26(49)30(32)53)6-10(34(12,55)56)21(44)28(51)24(47)17(6)40)60-33-13-9(20(43)27(50)31(33)54)7-11(35(13,57)58)22(45)29(52)25(48)18(7)41/h1-2,14H. The minimum atomic E-state index is -5.69. The number of hydrogen-bond acceptors (Lipinski definition) is 2. The Hall–Kier alpha value is -6.04. The van der Waals surface area contributed by atoms with E-state index < -0.39 is 197 Å². The van der Waals surface area contributed by atoms with Crippen molar-refractivity contribution in [2.75, 3.05) is 0 Å². The van der Waals surface area contributed by atoms with E-state index in [4.69, 9.17) is 9.31 Å². The Morgan fingerprint density at radius 1 is 0.367 bits per heavy atom. The van der Waals surface area contributed by atoms with Crippen LogP contribution in [-0.4, -0.2) is 7.12 Å². The van der Waals surface area contributed by atoms with E-state index in [1.54, 1.807) is 0 Å². The highest BCUT2D eigenvalue weighted by Gasteiger charge is 2.59. The third-order valence-electron chi connectivity index (χ3n) is 9.76. The van der Waals surface area contributed by atoms with Gasteiger partial charge in [0, 0.05) is 22.3 Å². The molecule has 0 saturated carbocycles. The minimum Gasteiger partial charge on any atom is -0.523 e. The summed E-state index contributed by atoms with van der Waals surface area (Å²) in [5.41, 5.74) is -23.9. The van der Waals surface area contributed by atoms with Crippen LogP contribution in [0.15, 0.2) is 18.0 Å². The highest BCUT2D eigenvalue weighted by Crippen LogP contribution is 2.61. The Morgan fingerprint density at radius 3 is 1.08 bits per heavy atom. The Morgan fingerprint density at radius 2 is 0.700 bits per heavy atom. The molecule has 0 saturated heterocycles. The van der Waals surface area contributed by atoms with Gasteiger partial charge in [0.2, 0.25) is 11.6 Å². The number of benzene rings is 5. The first kappa shape index (κ1) is 40.7. The lowest BCUT2D eigenvalue weighted by atomic mass is 9.68. The molecule has 5 aromatic carbocycles. The fraction of sp³-hybridized carbons (Fsp3) is 0.0857. The highest BCUT2D eigenvalue weighted by atomic mass is 19.3. The fourth-order valence-corrected chi connectivity index (χ4v) is 7.24. The molecule has 3 aliphatic carbocycles. The van der Waals surface area contributed by atoms with Gasteiger partial charge in [0.05, 0.1) is 27.8 Å². The maximum absolute atomic E-state index is 16.0. The molecule has 0 fully saturated rings. The quantitative estimate of drug-likeness (QED) is 0.0758. The molecule has 3 aliphatic rings. The van der Waals surface area contributed by atoms with Crippen molar-refractivity contribution in [1.82, 2.24) is 0 Å². The van der Waals surface area contributed by atoms with E-state index >= 15 is 52.7 Å². The second-order valence-corrected chi connectivity index (χ2v) is 12.8. The van der Waals surface area contributed by atoms with Gasteiger partial charge >= 0.3 is 19.0 Å². The zero-order valence-electron chi connectivity index (χ0n) is 27.4. The summed E-state index contributed by atoms with van der Waals surface area (Å²) in [6, 6.07) is 0.151. The zero-order valence-corrected chi connectivity index (χ0v) is 27.4. The molecular weight excluding hydrogens is 881 g/mol. The second-order valence-electron chi connectivity index (χ2n) is 12.8. The van der Waals surface area contributed by atoms with E-state index in [0.29, 0.717) is 0 Å². The highest BCUT2D eigenvalue weighted by molar-refractivity contribution is 6.50. The first-order valence-corrected chi connectivity index (χ1v) is 15.6. The van der Waals surface area contributed by atoms with E-state index in [1.807, 2.05) is 0 Å². The van der Waals surface area contributed by atoms with Gasteiger partial charge in [-0.15, -0.1) is 0 Å². The van der Waals surface area contributed by atoms with Crippen LogP contribution in [0.3, 0.4) is 0 Å². The Bertz CT molecular complexity index is 2740. The molecule has 8 rings (SSSR count). The van der Waals surface area contributed by atoms with Crippen LogP contribution in [-0.2, 0) is 11.8 Å². The average Bonchev–Trinajstić information content (AvgIpc) is 3.71. The number of halogens is 22. The van der Waals surface area contributed by atoms with E-state index in [1.165, 1.54) is 0 Å². The van der Waals surface area contributed by atoms with E-state index in [2.05, 4.69) is 0 Å². The van der Waals surface area contributed by atoms with E-state index in [9.17, 15) is 43.9 Å².